The van der Waals surface area contributed by atoms with Crippen molar-refractivity contribution in [2.45, 2.75) is 0 Å². The van der Waals surface area contributed by atoms with Crippen LogP contribution in [0.5, 0.6) is 0 Å². The summed E-state index contributed by atoms with van der Waals surface area (Å²) in [6, 6.07) is 5.01. The molecule has 1 aromatic carbocycles. The highest BCUT2D eigenvalue weighted by atomic mass is 35.5. The van der Waals surface area contributed by atoms with Gasteiger partial charge in [0.05, 0.1) is 5.03 Å². The maximum atomic E-state index is 5.83. The van der Waals surface area contributed by atoms with Crippen LogP contribution in [0.15, 0.2) is 23.7 Å². The van der Waals surface area contributed by atoms with E-state index in [9.17, 15) is 0 Å². The molecule has 0 aliphatic carbocycles. The smallest absolute Gasteiger partial charge is 0.0606 e. The number of halogens is 4. The van der Waals surface area contributed by atoms with Crippen LogP contribution in [0.4, 0.5) is 0 Å². The van der Waals surface area contributed by atoms with Crippen molar-refractivity contribution >= 4 is 51.4 Å². The molecule has 0 heterocycles. The van der Waals surface area contributed by atoms with Crippen LogP contribution < -0.4 is 0 Å². The zero-order valence-electron chi connectivity index (χ0n) is 5.82. The topological polar surface area (TPSA) is 0 Å². The fourth-order valence-electron chi connectivity index (χ4n) is 0.739. The van der Waals surface area contributed by atoms with Gasteiger partial charge in [-0.3, -0.25) is 0 Å². The molecule has 0 N–H and O–H groups in total. The quantitative estimate of drug-likeness (QED) is 0.665. The van der Waals surface area contributed by atoms with Crippen molar-refractivity contribution in [2.75, 3.05) is 0 Å². The molecule has 0 amide bonds. The summed E-state index contributed by atoms with van der Waals surface area (Å²) in [5, 5.41) is 1.48. The molecule has 64 valence electrons. The Hall–Kier alpha value is 0.120. The van der Waals surface area contributed by atoms with Crippen molar-refractivity contribution in [3.8, 4) is 0 Å². The molecule has 0 spiro atoms. The van der Waals surface area contributed by atoms with Gasteiger partial charge in [-0.2, -0.15) is 0 Å². The lowest BCUT2D eigenvalue weighted by Gasteiger charge is -2.01. The zero-order chi connectivity index (χ0) is 9.14. The largest absolute Gasteiger partial charge is 0.0913 e. The predicted molar refractivity (Wildman–Crippen MR) is 56.1 cm³/mol. The Morgan fingerprint density at radius 1 is 1.25 bits per heavy atom. The minimum absolute atomic E-state index is 0.379. The van der Waals surface area contributed by atoms with Crippen molar-refractivity contribution < 1.29 is 0 Å². The Labute approximate surface area is 90.7 Å². The molecule has 0 unspecified atom stereocenters. The minimum Gasteiger partial charge on any atom is -0.0913 e. The first-order valence-electron chi connectivity index (χ1n) is 3.06. The van der Waals surface area contributed by atoms with Gasteiger partial charge < -0.3 is 0 Å². The first kappa shape index (κ1) is 10.2. The molecule has 1 rings (SSSR count). The fraction of sp³-hybridized carbons (Fsp3) is 0. The van der Waals surface area contributed by atoms with Gasteiger partial charge in [0, 0.05) is 21.1 Å². The second-order valence-electron chi connectivity index (χ2n) is 2.08. The second kappa shape index (κ2) is 4.38. The first-order valence-corrected chi connectivity index (χ1v) is 4.63. The summed E-state index contributed by atoms with van der Waals surface area (Å²) in [7, 11) is 0. The van der Waals surface area contributed by atoms with Gasteiger partial charge in [-0.15, -0.1) is 0 Å². The van der Waals surface area contributed by atoms with Crippen LogP contribution in [-0.4, -0.2) is 0 Å². The van der Waals surface area contributed by atoms with Gasteiger partial charge in [0.25, 0.3) is 0 Å². The number of rotatable bonds is 1. The summed E-state index contributed by atoms with van der Waals surface area (Å²) in [4.78, 5) is 0. The maximum absolute atomic E-state index is 5.83. The van der Waals surface area contributed by atoms with Crippen molar-refractivity contribution in [3.05, 3.63) is 39.3 Å². The summed E-state index contributed by atoms with van der Waals surface area (Å²) in [6.07, 6.45) is 0. The highest BCUT2D eigenvalue weighted by Gasteiger charge is 2.03. The predicted octanol–water partition coefficient (Wildman–Crippen LogP) is 4.77. The van der Waals surface area contributed by atoms with Crippen LogP contribution in [0.1, 0.15) is 5.56 Å². The third-order valence-corrected chi connectivity index (χ3v) is 2.49. The molecular formula is C8H4Cl4. The van der Waals surface area contributed by atoms with Crippen LogP contribution in [-0.2, 0) is 0 Å². The van der Waals surface area contributed by atoms with E-state index in [2.05, 4.69) is 0 Å². The van der Waals surface area contributed by atoms with Gasteiger partial charge in [-0.1, -0.05) is 46.4 Å². The van der Waals surface area contributed by atoms with Crippen molar-refractivity contribution in [1.82, 2.24) is 0 Å². The van der Waals surface area contributed by atoms with E-state index < -0.39 is 0 Å². The number of benzene rings is 1. The van der Waals surface area contributed by atoms with E-state index in [-0.39, 0.29) is 0 Å². The average molecular weight is 242 g/mol. The van der Waals surface area contributed by atoms with E-state index >= 15 is 0 Å². The molecular weight excluding hydrogens is 238 g/mol. The third-order valence-electron chi connectivity index (χ3n) is 1.28. The number of hydrogen-bond donors (Lipinski definition) is 0. The molecule has 0 radical (unpaired) electrons. The van der Waals surface area contributed by atoms with Gasteiger partial charge in [0.15, 0.2) is 0 Å². The molecule has 12 heavy (non-hydrogen) atoms. The molecule has 0 aromatic heterocycles. The van der Waals surface area contributed by atoms with Gasteiger partial charge in [-0.25, -0.2) is 0 Å². The Kier molecular flexibility index (Phi) is 3.73. The van der Waals surface area contributed by atoms with Crippen molar-refractivity contribution in [3.63, 3.8) is 0 Å². The fourth-order valence-corrected chi connectivity index (χ4v) is 1.45. The Morgan fingerprint density at radius 2 is 1.92 bits per heavy atom. The molecule has 0 nitrogen and oxygen atoms in total. The Bertz CT molecular complexity index is 317. The summed E-state index contributed by atoms with van der Waals surface area (Å²) in [5.41, 5.74) is 1.89. The zero-order valence-corrected chi connectivity index (χ0v) is 8.84. The second-order valence-corrected chi connectivity index (χ2v) is 3.55. The first-order chi connectivity index (χ1) is 5.65. The van der Waals surface area contributed by atoms with Gasteiger partial charge in [0.2, 0.25) is 0 Å². The molecule has 0 fully saturated rings. The van der Waals surface area contributed by atoms with Crippen LogP contribution in [0.25, 0.3) is 5.03 Å². The molecule has 0 atom stereocenters. The Balaban J connectivity index is 3.23. The molecule has 0 saturated carbocycles. The molecule has 0 aliphatic rings. The third kappa shape index (κ3) is 2.30. The van der Waals surface area contributed by atoms with Crippen molar-refractivity contribution in [2.24, 2.45) is 0 Å². The number of hydrogen-bond acceptors (Lipinski definition) is 0. The van der Waals surface area contributed by atoms with Gasteiger partial charge in [0.1, 0.15) is 0 Å². The highest BCUT2D eigenvalue weighted by Crippen LogP contribution is 2.29. The van der Waals surface area contributed by atoms with Gasteiger partial charge >= 0.3 is 0 Å². The van der Waals surface area contributed by atoms with Crippen LogP contribution in [0.3, 0.4) is 0 Å². The van der Waals surface area contributed by atoms with E-state index in [0.717, 1.165) is 0 Å². The molecule has 4 heteroatoms. The monoisotopic (exact) mass is 240 g/mol. The normalized spacial score (nSPS) is 11.8. The van der Waals surface area contributed by atoms with E-state index in [0.29, 0.717) is 20.6 Å². The molecule has 1 aromatic rings. The van der Waals surface area contributed by atoms with E-state index in [1.165, 1.54) is 5.54 Å². The Morgan fingerprint density at radius 3 is 2.50 bits per heavy atom. The summed E-state index contributed by atoms with van der Waals surface area (Å²) >= 11 is 22.7. The lowest BCUT2D eigenvalue weighted by molar-refractivity contribution is 1.65. The molecule has 0 saturated heterocycles. The van der Waals surface area contributed by atoms with Crippen molar-refractivity contribution in [1.29, 1.82) is 0 Å². The van der Waals surface area contributed by atoms with Crippen LogP contribution >= 0.6 is 46.4 Å². The van der Waals surface area contributed by atoms with Gasteiger partial charge in [-0.05, 0) is 18.2 Å². The standard InChI is InChI=1S/C8H4Cl4/c9-4-8(12)6-3-5(10)1-2-7(6)11/h1-4H/b8-4-. The van der Waals surface area contributed by atoms with Crippen LogP contribution in [0.2, 0.25) is 10.0 Å². The lowest BCUT2D eigenvalue weighted by Crippen LogP contribution is -1.78. The maximum Gasteiger partial charge on any atom is 0.0606 e. The molecule has 0 aliphatic heterocycles. The van der Waals surface area contributed by atoms with E-state index in [4.69, 9.17) is 46.4 Å². The van der Waals surface area contributed by atoms with Crippen LogP contribution in [0, 0.1) is 0 Å². The summed E-state index contributed by atoms with van der Waals surface area (Å²) in [6.45, 7) is 0. The van der Waals surface area contributed by atoms with E-state index in [1.807, 2.05) is 0 Å². The summed E-state index contributed by atoms with van der Waals surface area (Å²) < 4.78 is 0. The minimum atomic E-state index is 0.379. The van der Waals surface area contributed by atoms with E-state index in [1.54, 1.807) is 18.2 Å². The average Bonchev–Trinajstić information content (AvgIpc) is 2.08. The molecule has 0 bridgehead atoms. The lowest BCUT2D eigenvalue weighted by atomic mass is 10.2. The summed E-state index contributed by atoms with van der Waals surface area (Å²) in [5.74, 6) is 0. The highest BCUT2D eigenvalue weighted by molar-refractivity contribution is 6.54. The SMILES string of the molecule is Cl/C=C(\Cl)c1cc(Cl)ccc1Cl.